The summed E-state index contributed by atoms with van der Waals surface area (Å²) in [6, 6.07) is 9.29. The first-order valence-electron chi connectivity index (χ1n) is 12.1. The molecule has 3 aromatic rings. The third-order valence-corrected chi connectivity index (χ3v) is 7.77. The number of anilines is 1. The van der Waals surface area contributed by atoms with Crippen LogP contribution in [-0.4, -0.2) is 61.6 Å². The van der Waals surface area contributed by atoms with E-state index in [4.69, 9.17) is 24.3 Å². The Morgan fingerprint density at radius 3 is 2.72 bits per heavy atom. The van der Waals surface area contributed by atoms with Crippen molar-refractivity contribution >= 4 is 25.2 Å². The van der Waals surface area contributed by atoms with Gasteiger partial charge in [0.2, 0.25) is 0 Å². The van der Waals surface area contributed by atoms with E-state index in [9.17, 15) is 19.7 Å². The van der Waals surface area contributed by atoms with Crippen LogP contribution >= 0.6 is 7.75 Å². The second kappa shape index (κ2) is 11.3. The molecule has 0 bridgehead atoms. The number of nitriles is 1. The molecule has 0 saturated carbocycles. The van der Waals surface area contributed by atoms with Crippen molar-refractivity contribution in [3.05, 3.63) is 48.5 Å². The standard InChI is InChI=1S/C24H30N7O7P/c1-14(2)36-23(33)15(3)30-39(34,38-16-8-6-5-7-9-16)35-11-18-19(32)24(4,12-25)20(37-18)17-10-27-22-21(26)28-13-29-31(17)22/h5-10,13-15,18-20,32H,11H2,1-4H3,(H,30,34)(H2,26,28,29)/t15-,18+,19+,20-,24+,39-/m0/s1. The van der Waals surface area contributed by atoms with Gasteiger partial charge in [-0.25, -0.2) is 19.0 Å². The first-order chi connectivity index (χ1) is 18.5. The Morgan fingerprint density at radius 2 is 2.05 bits per heavy atom. The van der Waals surface area contributed by atoms with Crippen molar-refractivity contribution in [3.63, 3.8) is 0 Å². The fourth-order valence-electron chi connectivity index (χ4n) is 4.10. The lowest BCUT2D eigenvalue weighted by molar-refractivity contribution is -0.149. The Morgan fingerprint density at radius 1 is 1.33 bits per heavy atom. The van der Waals surface area contributed by atoms with Crippen LogP contribution in [0.15, 0.2) is 42.9 Å². The van der Waals surface area contributed by atoms with Gasteiger partial charge in [-0.3, -0.25) is 9.32 Å². The van der Waals surface area contributed by atoms with Crippen molar-refractivity contribution in [1.82, 2.24) is 24.7 Å². The maximum Gasteiger partial charge on any atom is 0.459 e. The average molecular weight is 560 g/mol. The predicted octanol–water partition coefficient (Wildman–Crippen LogP) is 2.17. The number of para-hydroxylation sites is 1. The molecule has 1 saturated heterocycles. The van der Waals surface area contributed by atoms with Crippen LogP contribution in [0.1, 0.15) is 39.5 Å². The number of ether oxygens (including phenoxy) is 2. The largest absolute Gasteiger partial charge is 0.462 e. The molecule has 1 aromatic carbocycles. The Bertz CT molecular complexity index is 1410. The quantitative estimate of drug-likeness (QED) is 0.242. The number of rotatable bonds is 10. The van der Waals surface area contributed by atoms with E-state index in [-0.39, 0.29) is 23.3 Å². The van der Waals surface area contributed by atoms with Gasteiger partial charge in [0, 0.05) is 0 Å². The van der Waals surface area contributed by atoms with Crippen molar-refractivity contribution in [1.29, 1.82) is 5.26 Å². The molecule has 1 fully saturated rings. The second-order valence-electron chi connectivity index (χ2n) is 9.49. The lowest BCUT2D eigenvalue weighted by Crippen LogP contribution is -2.39. The number of hydrogen-bond donors (Lipinski definition) is 3. The highest BCUT2D eigenvalue weighted by molar-refractivity contribution is 7.52. The smallest absolute Gasteiger partial charge is 0.459 e. The Balaban J connectivity index is 1.57. The SMILES string of the molecule is CC(C)OC(=O)[C@H](C)N[P@](=O)(OC[C@H]1O[C@@H](c2cnc3c(N)ncnn23)[C@](C)(C#N)[C@@H]1O)Oc1ccccc1. The minimum Gasteiger partial charge on any atom is -0.462 e. The number of nitrogens with zero attached hydrogens (tertiary/aromatic N) is 5. The van der Waals surface area contributed by atoms with E-state index in [0.29, 0.717) is 5.69 Å². The zero-order valence-electron chi connectivity index (χ0n) is 21.8. The summed E-state index contributed by atoms with van der Waals surface area (Å²) in [5.74, 6) is -0.314. The predicted molar refractivity (Wildman–Crippen MR) is 137 cm³/mol. The third kappa shape index (κ3) is 5.88. The molecule has 3 heterocycles. The number of nitrogens with one attached hydrogen (secondary N) is 1. The molecule has 0 aliphatic carbocycles. The highest BCUT2D eigenvalue weighted by atomic mass is 31.2. The molecule has 0 unspecified atom stereocenters. The monoisotopic (exact) mass is 559 g/mol. The fraction of sp³-hybridized carbons (Fsp3) is 0.458. The number of benzene rings is 1. The summed E-state index contributed by atoms with van der Waals surface area (Å²) < 4.78 is 37.7. The highest BCUT2D eigenvalue weighted by Gasteiger charge is 2.56. The van der Waals surface area contributed by atoms with Crippen molar-refractivity contribution < 1.29 is 33.0 Å². The van der Waals surface area contributed by atoms with E-state index < -0.39 is 50.1 Å². The molecule has 15 heteroatoms. The fourth-order valence-corrected chi connectivity index (χ4v) is 5.60. The summed E-state index contributed by atoms with van der Waals surface area (Å²) in [6.07, 6.45) is -1.21. The Hall–Kier alpha value is -3.60. The number of imidazole rings is 1. The summed E-state index contributed by atoms with van der Waals surface area (Å²) in [7, 11) is -4.23. The number of aromatic nitrogens is 4. The van der Waals surface area contributed by atoms with Crippen LogP contribution in [0.5, 0.6) is 5.75 Å². The first kappa shape index (κ1) is 28.4. The zero-order valence-corrected chi connectivity index (χ0v) is 22.7. The molecule has 14 nitrogen and oxygen atoms in total. The van der Waals surface area contributed by atoms with Crippen molar-refractivity contribution in [2.24, 2.45) is 5.41 Å². The number of nitrogen functional groups attached to an aromatic ring is 1. The van der Waals surface area contributed by atoms with Crippen molar-refractivity contribution in [2.75, 3.05) is 12.3 Å². The van der Waals surface area contributed by atoms with Crippen LogP contribution in [0, 0.1) is 16.7 Å². The summed E-state index contributed by atoms with van der Waals surface area (Å²) in [4.78, 5) is 20.5. The first-order valence-corrected chi connectivity index (χ1v) is 13.7. The molecule has 1 aliphatic rings. The molecular formula is C24H30N7O7P. The Labute approximate surface area is 224 Å². The highest BCUT2D eigenvalue weighted by Crippen LogP contribution is 2.50. The Kier molecular flexibility index (Phi) is 8.20. The van der Waals surface area contributed by atoms with Crippen molar-refractivity contribution in [3.8, 4) is 11.8 Å². The molecule has 6 atom stereocenters. The minimum absolute atomic E-state index is 0.128. The molecule has 2 aromatic heterocycles. The van der Waals surface area contributed by atoms with Gasteiger partial charge in [0.05, 0.1) is 30.7 Å². The van der Waals surface area contributed by atoms with Gasteiger partial charge in [-0.15, -0.1) is 0 Å². The molecule has 208 valence electrons. The topological polar surface area (TPSA) is 196 Å². The summed E-state index contributed by atoms with van der Waals surface area (Å²) in [6.45, 7) is 5.90. The van der Waals surface area contributed by atoms with Crippen LogP contribution in [0.4, 0.5) is 5.82 Å². The maximum atomic E-state index is 13.8. The second-order valence-corrected chi connectivity index (χ2v) is 11.2. The van der Waals surface area contributed by atoms with Crippen LogP contribution in [0.25, 0.3) is 5.65 Å². The number of hydrogen-bond acceptors (Lipinski definition) is 12. The van der Waals surface area contributed by atoms with Gasteiger partial charge in [-0.2, -0.15) is 15.4 Å². The molecule has 4 rings (SSSR count). The lowest BCUT2D eigenvalue weighted by Gasteiger charge is -2.26. The molecule has 0 radical (unpaired) electrons. The maximum absolute atomic E-state index is 13.8. The molecule has 4 N–H and O–H groups in total. The summed E-state index contributed by atoms with van der Waals surface area (Å²) in [5.41, 5.74) is 5.03. The normalized spacial score (nSPS) is 25.2. The van der Waals surface area contributed by atoms with Crippen LogP contribution in [0.2, 0.25) is 0 Å². The third-order valence-electron chi connectivity index (χ3n) is 6.12. The molecular weight excluding hydrogens is 529 g/mol. The van der Waals surface area contributed by atoms with Crippen LogP contribution in [0.3, 0.4) is 0 Å². The van der Waals surface area contributed by atoms with E-state index >= 15 is 0 Å². The number of carbonyl (C=O) groups is 1. The molecule has 0 amide bonds. The number of aliphatic hydroxyl groups excluding tert-OH is 1. The van der Waals surface area contributed by atoms with Gasteiger partial charge < -0.3 is 24.8 Å². The molecule has 0 spiro atoms. The van der Waals surface area contributed by atoms with Gasteiger partial charge in [0.1, 0.15) is 41.8 Å². The zero-order chi connectivity index (χ0) is 28.4. The average Bonchev–Trinajstić information content (AvgIpc) is 3.43. The number of nitrogens with two attached hydrogens (primary N) is 1. The number of esters is 1. The van der Waals surface area contributed by atoms with E-state index in [1.54, 1.807) is 44.2 Å². The van der Waals surface area contributed by atoms with Gasteiger partial charge >= 0.3 is 13.7 Å². The van der Waals surface area contributed by atoms with Crippen molar-refractivity contribution in [2.45, 2.75) is 58.2 Å². The van der Waals surface area contributed by atoms with Crippen LogP contribution < -0.4 is 15.3 Å². The van der Waals surface area contributed by atoms with E-state index in [1.165, 1.54) is 30.9 Å². The van der Waals surface area contributed by atoms with Gasteiger partial charge in [-0.05, 0) is 39.8 Å². The number of aliphatic hydroxyl groups is 1. The van der Waals surface area contributed by atoms with Gasteiger partial charge in [0.15, 0.2) is 11.5 Å². The van der Waals surface area contributed by atoms with Gasteiger partial charge in [-0.1, -0.05) is 18.2 Å². The van der Waals surface area contributed by atoms with E-state index in [0.717, 1.165) is 0 Å². The van der Waals surface area contributed by atoms with Crippen LogP contribution in [-0.2, 0) is 23.4 Å². The minimum atomic E-state index is -4.23. The van der Waals surface area contributed by atoms with E-state index in [2.05, 4.69) is 26.2 Å². The number of carbonyl (C=O) groups excluding carboxylic acids is 1. The number of fused-ring (bicyclic) bond motifs is 1. The summed E-state index contributed by atoms with van der Waals surface area (Å²) in [5, 5.41) is 27.9. The van der Waals surface area contributed by atoms with E-state index in [1.807, 2.05) is 0 Å². The van der Waals surface area contributed by atoms with Gasteiger partial charge in [0.25, 0.3) is 0 Å². The molecule has 39 heavy (non-hydrogen) atoms. The molecule has 1 aliphatic heterocycles. The summed E-state index contributed by atoms with van der Waals surface area (Å²) >= 11 is 0. The lowest BCUT2D eigenvalue weighted by atomic mass is 9.80.